The highest BCUT2D eigenvalue weighted by Gasteiger charge is 2.25. The summed E-state index contributed by atoms with van der Waals surface area (Å²) in [7, 11) is -1.84. The predicted molar refractivity (Wildman–Crippen MR) is 108 cm³/mol. The average Bonchev–Trinajstić information content (AvgIpc) is 2.66. The number of benzene rings is 1. The third-order valence-electron chi connectivity index (χ3n) is 4.84. The van der Waals surface area contributed by atoms with Crippen molar-refractivity contribution in [3.05, 3.63) is 40.3 Å². The van der Waals surface area contributed by atoms with E-state index in [9.17, 15) is 13.2 Å². The second-order valence-electron chi connectivity index (χ2n) is 6.59. The highest BCUT2D eigenvalue weighted by atomic mass is 35.5. The molecular weight excluding hydrogens is 388 g/mol. The summed E-state index contributed by atoms with van der Waals surface area (Å²) in [5.41, 5.74) is 2.01. The van der Waals surface area contributed by atoms with Gasteiger partial charge in [-0.25, -0.2) is 13.1 Å². The van der Waals surface area contributed by atoms with Gasteiger partial charge >= 0.3 is 0 Å². The number of nitrogens with zero attached hydrogens (tertiary/aromatic N) is 1. The van der Waals surface area contributed by atoms with Gasteiger partial charge in [0.2, 0.25) is 15.9 Å². The molecule has 1 aliphatic rings. The molecule has 0 saturated carbocycles. The van der Waals surface area contributed by atoms with Crippen LogP contribution in [0.4, 0.5) is 0 Å². The molecule has 8 heteroatoms. The number of halogens is 1. The van der Waals surface area contributed by atoms with Crippen molar-refractivity contribution in [2.75, 3.05) is 20.2 Å². The number of rotatable bonds is 8. The van der Waals surface area contributed by atoms with Crippen LogP contribution in [0.2, 0.25) is 5.02 Å². The van der Waals surface area contributed by atoms with Gasteiger partial charge in [0.05, 0.1) is 7.11 Å². The minimum absolute atomic E-state index is 0.0649. The Balaban J connectivity index is 1.91. The first-order chi connectivity index (χ1) is 12.8. The van der Waals surface area contributed by atoms with Gasteiger partial charge in [0, 0.05) is 36.0 Å². The van der Waals surface area contributed by atoms with Gasteiger partial charge in [-0.1, -0.05) is 31.2 Å². The lowest BCUT2D eigenvalue weighted by atomic mass is 10.0. The molecule has 1 saturated heterocycles. The van der Waals surface area contributed by atoms with E-state index in [2.05, 4.69) is 11.3 Å². The summed E-state index contributed by atoms with van der Waals surface area (Å²) in [6.45, 7) is 6.41. The number of ether oxygens (including phenoxy) is 1. The highest BCUT2D eigenvalue weighted by molar-refractivity contribution is 7.92. The molecule has 2 rings (SSSR count). The van der Waals surface area contributed by atoms with Crippen LogP contribution in [-0.4, -0.2) is 45.5 Å². The maximum atomic E-state index is 12.5. The van der Waals surface area contributed by atoms with Crippen molar-refractivity contribution in [2.45, 2.75) is 45.1 Å². The van der Waals surface area contributed by atoms with Crippen LogP contribution in [0.1, 0.15) is 37.3 Å². The van der Waals surface area contributed by atoms with Crippen LogP contribution < -0.4 is 9.46 Å². The Bertz CT molecular complexity index is 787. The van der Waals surface area contributed by atoms with Crippen molar-refractivity contribution >= 4 is 27.5 Å². The van der Waals surface area contributed by atoms with E-state index in [-0.39, 0.29) is 11.9 Å². The van der Waals surface area contributed by atoms with Crippen LogP contribution in [0.5, 0.6) is 5.75 Å². The van der Waals surface area contributed by atoms with E-state index in [4.69, 9.17) is 16.3 Å². The zero-order valence-electron chi connectivity index (χ0n) is 15.8. The lowest BCUT2D eigenvalue weighted by molar-refractivity contribution is -0.132. The summed E-state index contributed by atoms with van der Waals surface area (Å²) in [6, 6.07) is 3.66. The van der Waals surface area contributed by atoms with E-state index in [1.165, 1.54) is 0 Å². The van der Waals surface area contributed by atoms with Crippen molar-refractivity contribution < 1.29 is 17.9 Å². The molecule has 0 radical (unpaired) electrons. The molecular formula is C19H27ClN2O4S. The second kappa shape index (κ2) is 9.57. The third-order valence-corrected chi connectivity index (χ3v) is 6.29. The Labute approximate surface area is 166 Å². The second-order valence-corrected chi connectivity index (χ2v) is 8.66. The quantitative estimate of drug-likeness (QED) is 0.709. The summed E-state index contributed by atoms with van der Waals surface area (Å²) < 4.78 is 31.1. The van der Waals surface area contributed by atoms with Gasteiger partial charge in [-0.15, -0.1) is 0 Å². The predicted octanol–water partition coefficient (Wildman–Crippen LogP) is 2.90. The van der Waals surface area contributed by atoms with Gasteiger partial charge in [-0.05, 0) is 42.9 Å². The normalized spacial score (nSPS) is 15.6. The van der Waals surface area contributed by atoms with Gasteiger partial charge in [0.25, 0.3) is 0 Å². The first-order valence-electron chi connectivity index (χ1n) is 9.07. The van der Waals surface area contributed by atoms with E-state index in [1.54, 1.807) is 18.1 Å². The molecule has 1 aromatic carbocycles. The zero-order chi connectivity index (χ0) is 20.0. The number of carbonyl (C=O) groups excluding carboxylic acids is 1. The zero-order valence-corrected chi connectivity index (χ0v) is 17.4. The van der Waals surface area contributed by atoms with Crippen LogP contribution in [0.15, 0.2) is 24.1 Å². The molecule has 0 aliphatic carbocycles. The molecule has 0 bridgehead atoms. The SMILES string of the molecule is C=CS(=O)(=O)NC1CCN(C(=O)CCc2cc(CC)c(Cl)cc2OC)CC1. The molecule has 0 aromatic heterocycles. The van der Waals surface area contributed by atoms with E-state index >= 15 is 0 Å². The van der Waals surface area contributed by atoms with Crippen LogP contribution in [0.3, 0.4) is 0 Å². The lowest BCUT2D eigenvalue weighted by Gasteiger charge is -2.32. The van der Waals surface area contributed by atoms with Crippen molar-refractivity contribution in [1.82, 2.24) is 9.62 Å². The molecule has 0 unspecified atom stereocenters. The topological polar surface area (TPSA) is 75.7 Å². The minimum atomic E-state index is -3.44. The lowest BCUT2D eigenvalue weighted by Crippen LogP contribution is -2.46. The van der Waals surface area contributed by atoms with Crippen LogP contribution in [-0.2, 0) is 27.7 Å². The molecule has 6 nitrogen and oxygen atoms in total. The highest BCUT2D eigenvalue weighted by Crippen LogP contribution is 2.29. The maximum absolute atomic E-state index is 12.5. The first kappa shape index (κ1) is 21.7. The smallest absolute Gasteiger partial charge is 0.233 e. The number of hydrogen-bond donors (Lipinski definition) is 1. The number of methoxy groups -OCH3 is 1. The largest absolute Gasteiger partial charge is 0.496 e. The van der Waals surface area contributed by atoms with Crippen molar-refractivity contribution in [1.29, 1.82) is 0 Å². The summed E-state index contributed by atoms with van der Waals surface area (Å²) >= 11 is 6.22. The van der Waals surface area contributed by atoms with E-state index < -0.39 is 10.0 Å². The van der Waals surface area contributed by atoms with Crippen LogP contribution in [0.25, 0.3) is 0 Å². The number of amides is 1. The summed E-state index contributed by atoms with van der Waals surface area (Å²) in [4.78, 5) is 14.3. The fourth-order valence-electron chi connectivity index (χ4n) is 3.23. The van der Waals surface area contributed by atoms with Gasteiger partial charge in [-0.3, -0.25) is 4.79 Å². The van der Waals surface area contributed by atoms with Gasteiger partial charge < -0.3 is 9.64 Å². The monoisotopic (exact) mass is 414 g/mol. The number of piperidine rings is 1. The molecule has 1 amide bonds. The number of carbonyl (C=O) groups is 1. The molecule has 1 fully saturated rings. The molecule has 0 spiro atoms. The fourth-order valence-corrected chi connectivity index (χ4v) is 4.32. The maximum Gasteiger partial charge on any atom is 0.233 e. The van der Waals surface area contributed by atoms with Crippen LogP contribution in [0, 0.1) is 0 Å². The molecule has 0 atom stereocenters. The molecule has 1 heterocycles. The standard InChI is InChI=1S/C19H27ClN2O4S/c1-4-14-12-15(18(26-3)13-17(14)20)6-7-19(23)22-10-8-16(9-11-22)21-27(24,25)5-2/h5,12-13,16,21H,2,4,6-11H2,1,3H3. The minimum Gasteiger partial charge on any atom is -0.496 e. The van der Waals surface area contributed by atoms with E-state index in [0.717, 1.165) is 23.0 Å². The van der Waals surface area contributed by atoms with E-state index in [1.807, 2.05) is 13.0 Å². The molecule has 1 aromatic rings. The van der Waals surface area contributed by atoms with Crippen molar-refractivity contribution in [2.24, 2.45) is 0 Å². The van der Waals surface area contributed by atoms with Crippen LogP contribution >= 0.6 is 11.6 Å². The number of nitrogens with one attached hydrogen (secondary N) is 1. The first-order valence-corrected chi connectivity index (χ1v) is 11.0. The molecule has 150 valence electrons. The van der Waals surface area contributed by atoms with Gasteiger partial charge in [0.1, 0.15) is 5.75 Å². The number of hydrogen-bond acceptors (Lipinski definition) is 4. The summed E-state index contributed by atoms with van der Waals surface area (Å²) in [5, 5.41) is 1.59. The Hall–Kier alpha value is -1.57. The summed E-state index contributed by atoms with van der Waals surface area (Å²) in [5.74, 6) is 0.762. The Morgan fingerprint density at radius 3 is 2.59 bits per heavy atom. The number of aryl methyl sites for hydroxylation is 2. The average molecular weight is 415 g/mol. The van der Waals surface area contributed by atoms with E-state index in [0.29, 0.717) is 49.5 Å². The van der Waals surface area contributed by atoms with Gasteiger partial charge in [-0.2, -0.15) is 0 Å². The Morgan fingerprint density at radius 1 is 1.37 bits per heavy atom. The summed E-state index contributed by atoms with van der Waals surface area (Å²) in [6.07, 6.45) is 2.98. The Kier molecular flexibility index (Phi) is 7.70. The molecule has 1 N–H and O–H groups in total. The molecule has 27 heavy (non-hydrogen) atoms. The molecule has 1 aliphatic heterocycles. The van der Waals surface area contributed by atoms with Crippen molar-refractivity contribution in [3.63, 3.8) is 0 Å². The fraction of sp³-hybridized carbons (Fsp3) is 0.526. The number of likely N-dealkylation sites (tertiary alicyclic amines) is 1. The Morgan fingerprint density at radius 2 is 2.04 bits per heavy atom. The third kappa shape index (κ3) is 5.96. The van der Waals surface area contributed by atoms with Gasteiger partial charge in [0.15, 0.2) is 0 Å². The number of sulfonamides is 1. The van der Waals surface area contributed by atoms with Crippen molar-refractivity contribution in [3.8, 4) is 5.75 Å².